The summed E-state index contributed by atoms with van der Waals surface area (Å²) in [5.41, 5.74) is 3.77. The second kappa shape index (κ2) is 5.45. The maximum absolute atomic E-state index is 4.46. The third kappa shape index (κ3) is 2.69. The number of aliphatic imine (C=N–C) groups is 1. The lowest BCUT2D eigenvalue weighted by molar-refractivity contribution is 1.02. The fourth-order valence-electron chi connectivity index (χ4n) is 1.92. The molecule has 16 heavy (non-hydrogen) atoms. The van der Waals surface area contributed by atoms with Gasteiger partial charge in [0.2, 0.25) is 0 Å². The van der Waals surface area contributed by atoms with Gasteiger partial charge in [0, 0.05) is 11.9 Å². The number of nitrogens with zero attached hydrogens (tertiary/aromatic N) is 1. The van der Waals surface area contributed by atoms with E-state index >= 15 is 0 Å². The first kappa shape index (κ1) is 10.9. The Morgan fingerprint density at radius 3 is 2.94 bits per heavy atom. The summed E-state index contributed by atoms with van der Waals surface area (Å²) < 4.78 is 0. The molecule has 1 heteroatoms. The van der Waals surface area contributed by atoms with Crippen LogP contribution in [0, 0.1) is 0 Å². The van der Waals surface area contributed by atoms with Gasteiger partial charge in [-0.2, -0.15) is 0 Å². The minimum Gasteiger partial charge on any atom is -0.261 e. The van der Waals surface area contributed by atoms with Crippen LogP contribution in [0.4, 0.5) is 0 Å². The standard InChI is InChI=1S/C15H17N/c1-13-15-11-7-4-6-10-14(15)9-5-2-3-8-12-16-13/h3-4,6-9,11-12H,2,5,10H2,1H3/b8-3+,14-9-,15-13?,16-12?. The van der Waals surface area contributed by atoms with E-state index in [1.54, 1.807) is 0 Å². The van der Waals surface area contributed by atoms with E-state index in [9.17, 15) is 0 Å². The van der Waals surface area contributed by atoms with Crippen LogP contribution in [0.15, 0.2) is 64.4 Å². The van der Waals surface area contributed by atoms with Crippen LogP contribution in [-0.2, 0) is 0 Å². The van der Waals surface area contributed by atoms with Gasteiger partial charge in [0.05, 0.1) is 0 Å². The van der Waals surface area contributed by atoms with E-state index in [1.807, 2.05) is 12.3 Å². The molecule has 82 valence electrons. The van der Waals surface area contributed by atoms with Gasteiger partial charge in [0.25, 0.3) is 0 Å². The molecule has 0 atom stereocenters. The molecule has 0 spiro atoms. The molecule has 0 amide bonds. The van der Waals surface area contributed by atoms with Crippen LogP contribution in [0.25, 0.3) is 0 Å². The van der Waals surface area contributed by atoms with Crippen LogP contribution in [0.2, 0.25) is 0 Å². The van der Waals surface area contributed by atoms with Gasteiger partial charge in [-0.3, -0.25) is 4.99 Å². The van der Waals surface area contributed by atoms with Crippen molar-refractivity contribution < 1.29 is 0 Å². The Bertz CT molecular complexity index is 428. The number of hydrogen-bond donors (Lipinski definition) is 0. The molecule has 0 aromatic carbocycles. The molecule has 1 heterocycles. The number of rotatable bonds is 0. The van der Waals surface area contributed by atoms with Gasteiger partial charge in [-0.15, -0.1) is 0 Å². The van der Waals surface area contributed by atoms with Crippen LogP contribution in [0.1, 0.15) is 26.2 Å². The lowest BCUT2D eigenvalue weighted by Crippen LogP contribution is -1.90. The summed E-state index contributed by atoms with van der Waals surface area (Å²) in [5.74, 6) is 0. The summed E-state index contributed by atoms with van der Waals surface area (Å²) >= 11 is 0. The summed E-state index contributed by atoms with van der Waals surface area (Å²) in [5, 5.41) is 0. The van der Waals surface area contributed by atoms with Crippen LogP contribution in [-0.4, -0.2) is 6.21 Å². The van der Waals surface area contributed by atoms with E-state index in [0.29, 0.717) is 0 Å². The molecule has 0 aromatic heterocycles. The minimum atomic E-state index is 1.01. The Morgan fingerprint density at radius 2 is 2.00 bits per heavy atom. The minimum absolute atomic E-state index is 1.01. The third-order valence-corrected chi connectivity index (χ3v) is 2.80. The molecule has 0 saturated heterocycles. The smallest absolute Gasteiger partial charge is 0.0447 e. The molecule has 0 bridgehead atoms. The molecule has 0 fully saturated rings. The highest BCUT2D eigenvalue weighted by Gasteiger charge is 2.06. The zero-order valence-electron chi connectivity index (χ0n) is 9.69. The normalized spacial score (nSPS) is 25.7. The van der Waals surface area contributed by atoms with Crippen LogP contribution >= 0.6 is 0 Å². The molecule has 0 radical (unpaired) electrons. The Kier molecular flexibility index (Phi) is 3.71. The quantitative estimate of drug-likeness (QED) is 0.571. The van der Waals surface area contributed by atoms with Crippen molar-refractivity contribution in [3.63, 3.8) is 0 Å². The van der Waals surface area contributed by atoms with Crippen molar-refractivity contribution in [1.29, 1.82) is 0 Å². The van der Waals surface area contributed by atoms with Crippen molar-refractivity contribution >= 4 is 6.21 Å². The molecule has 2 rings (SSSR count). The predicted molar refractivity (Wildman–Crippen MR) is 70.5 cm³/mol. The molecular weight excluding hydrogens is 194 g/mol. The fraction of sp³-hybridized carbons (Fsp3) is 0.267. The first-order chi connectivity index (χ1) is 7.88. The zero-order valence-corrected chi connectivity index (χ0v) is 9.69. The van der Waals surface area contributed by atoms with E-state index in [4.69, 9.17) is 0 Å². The second-order valence-electron chi connectivity index (χ2n) is 4.00. The summed E-state index contributed by atoms with van der Waals surface area (Å²) in [6, 6.07) is 0. The third-order valence-electron chi connectivity index (χ3n) is 2.80. The highest BCUT2D eigenvalue weighted by atomic mass is 14.7. The Morgan fingerprint density at radius 1 is 1.06 bits per heavy atom. The predicted octanol–water partition coefficient (Wildman–Crippen LogP) is 4.12. The van der Waals surface area contributed by atoms with E-state index in [-0.39, 0.29) is 0 Å². The maximum atomic E-state index is 4.46. The molecule has 0 aromatic rings. The van der Waals surface area contributed by atoms with E-state index in [0.717, 1.165) is 25.0 Å². The Labute approximate surface area is 97.3 Å². The summed E-state index contributed by atoms with van der Waals surface area (Å²) in [7, 11) is 0. The molecule has 0 N–H and O–H groups in total. The van der Waals surface area contributed by atoms with Crippen molar-refractivity contribution in [3.05, 3.63) is 59.4 Å². The first-order valence-electron chi connectivity index (χ1n) is 5.80. The van der Waals surface area contributed by atoms with Crippen molar-refractivity contribution in [1.82, 2.24) is 0 Å². The number of hydrogen-bond acceptors (Lipinski definition) is 1. The van der Waals surface area contributed by atoms with Crippen molar-refractivity contribution in [2.75, 3.05) is 0 Å². The second-order valence-corrected chi connectivity index (χ2v) is 4.00. The van der Waals surface area contributed by atoms with Crippen LogP contribution in [0.3, 0.4) is 0 Å². The molecular formula is C15H17N. The molecule has 1 aliphatic carbocycles. The highest BCUT2D eigenvalue weighted by molar-refractivity contribution is 5.72. The van der Waals surface area contributed by atoms with Gasteiger partial charge in [-0.25, -0.2) is 0 Å². The van der Waals surface area contributed by atoms with E-state index < -0.39 is 0 Å². The van der Waals surface area contributed by atoms with Gasteiger partial charge in [-0.05, 0) is 43.4 Å². The molecule has 0 unspecified atom stereocenters. The van der Waals surface area contributed by atoms with Gasteiger partial charge < -0.3 is 0 Å². The number of allylic oxidation sites excluding steroid dienone is 10. The SMILES string of the molecule is CC1=C2C=CC=CC/C2=C/CC/C=C/C=N1. The average molecular weight is 211 g/mol. The maximum Gasteiger partial charge on any atom is 0.0447 e. The Hall–Kier alpha value is -1.63. The zero-order chi connectivity index (χ0) is 11.2. The van der Waals surface area contributed by atoms with Crippen molar-refractivity contribution in [2.45, 2.75) is 26.2 Å². The molecule has 2 aliphatic rings. The van der Waals surface area contributed by atoms with E-state index in [2.05, 4.69) is 48.4 Å². The molecule has 1 aliphatic heterocycles. The van der Waals surface area contributed by atoms with Gasteiger partial charge >= 0.3 is 0 Å². The van der Waals surface area contributed by atoms with Crippen LogP contribution < -0.4 is 0 Å². The van der Waals surface area contributed by atoms with Gasteiger partial charge in [-0.1, -0.05) is 36.5 Å². The summed E-state index contributed by atoms with van der Waals surface area (Å²) in [6.07, 6.45) is 20.2. The topological polar surface area (TPSA) is 12.4 Å². The average Bonchev–Trinajstić information content (AvgIpc) is 2.53. The summed E-state index contributed by atoms with van der Waals surface area (Å²) in [4.78, 5) is 4.46. The lowest BCUT2D eigenvalue weighted by Gasteiger charge is -2.08. The van der Waals surface area contributed by atoms with Gasteiger partial charge in [0.1, 0.15) is 0 Å². The van der Waals surface area contributed by atoms with Crippen molar-refractivity contribution in [2.24, 2.45) is 4.99 Å². The van der Waals surface area contributed by atoms with Gasteiger partial charge in [0.15, 0.2) is 0 Å². The lowest BCUT2D eigenvalue weighted by atomic mass is 10.00. The Balaban J connectivity index is 2.43. The number of fused-ring (bicyclic) bond motifs is 1. The van der Waals surface area contributed by atoms with Crippen LogP contribution in [0.5, 0.6) is 0 Å². The molecule has 1 nitrogen and oxygen atoms in total. The first-order valence-corrected chi connectivity index (χ1v) is 5.80. The fourth-order valence-corrected chi connectivity index (χ4v) is 1.92. The highest BCUT2D eigenvalue weighted by Crippen LogP contribution is 2.24. The monoisotopic (exact) mass is 211 g/mol. The molecule has 0 saturated carbocycles. The van der Waals surface area contributed by atoms with Crippen molar-refractivity contribution in [3.8, 4) is 0 Å². The van der Waals surface area contributed by atoms with E-state index in [1.165, 1.54) is 11.1 Å². The largest absolute Gasteiger partial charge is 0.261 e. The summed E-state index contributed by atoms with van der Waals surface area (Å²) in [6.45, 7) is 2.07.